The molecule has 3 nitrogen and oxygen atoms in total. The zero-order valence-electron chi connectivity index (χ0n) is 11.4. The molecule has 3 heteroatoms. The lowest BCUT2D eigenvalue weighted by Crippen LogP contribution is -2.37. The van der Waals surface area contributed by atoms with Crippen molar-refractivity contribution in [3.63, 3.8) is 0 Å². The number of rotatable bonds is 3. The van der Waals surface area contributed by atoms with Gasteiger partial charge in [0, 0.05) is 19.2 Å². The minimum absolute atomic E-state index is 0.232. The van der Waals surface area contributed by atoms with Crippen LogP contribution >= 0.6 is 0 Å². The van der Waals surface area contributed by atoms with Gasteiger partial charge in [0.2, 0.25) is 0 Å². The number of ether oxygens (including phenoxy) is 1. The van der Waals surface area contributed by atoms with E-state index in [0.29, 0.717) is 12.6 Å². The molecule has 1 aliphatic heterocycles. The lowest BCUT2D eigenvalue weighted by Gasteiger charge is -2.30. The van der Waals surface area contributed by atoms with Gasteiger partial charge in [-0.3, -0.25) is 4.90 Å². The van der Waals surface area contributed by atoms with Gasteiger partial charge in [0.25, 0.3) is 0 Å². The molecule has 1 aliphatic rings. The SMILES string of the molecule is COCc1cccc(C2C(N)CCCCN2C)c1. The summed E-state index contributed by atoms with van der Waals surface area (Å²) in [5.74, 6) is 0. The van der Waals surface area contributed by atoms with Crippen LogP contribution in [0.5, 0.6) is 0 Å². The lowest BCUT2D eigenvalue weighted by molar-refractivity contribution is 0.184. The van der Waals surface area contributed by atoms with Crippen molar-refractivity contribution in [2.75, 3.05) is 20.7 Å². The van der Waals surface area contributed by atoms with Crippen molar-refractivity contribution in [2.24, 2.45) is 5.73 Å². The maximum atomic E-state index is 6.35. The second-order valence-corrected chi connectivity index (χ2v) is 5.26. The molecule has 0 saturated carbocycles. The summed E-state index contributed by atoms with van der Waals surface area (Å²) in [5.41, 5.74) is 8.90. The van der Waals surface area contributed by atoms with Crippen molar-refractivity contribution in [3.05, 3.63) is 35.4 Å². The summed E-state index contributed by atoms with van der Waals surface area (Å²) < 4.78 is 5.20. The molecule has 0 amide bonds. The highest BCUT2D eigenvalue weighted by Crippen LogP contribution is 2.28. The van der Waals surface area contributed by atoms with Crippen LogP contribution in [0.15, 0.2) is 24.3 Å². The van der Waals surface area contributed by atoms with E-state index in [1.54, 1.807) is 7.11 Å². The summed E-state index contributed by atoms with van der Waals surface area (Å²) in [5, 5.41) is 0. The molecule has 1 aromatic rings. The van der Waals surface area contributed by atoms with E-state index in [0.717, 1.165) is 13.0 Å². The van der Waals surface area contributed by atoms with E-state index in [1.165, 1.54) is 24.0 Å². The fraction of sp³-hybridized carbons (Fsp3) is 0.600. The maximum Gasteiger partial charge on any atom is 0.0713 e. The Hall–Kier alpha value is -0.900. The van der Waals surface area contributed by atoms with E-state index in [4.69, 9.17) is 10.5 Å². The second-order valence-electron chi connectivity index (χ2n) is 5.26. The van der Waals surface area contributed by atoms with Crippen molar-refractivity contribution in [1.29, 1.82) is 0 Å². The monoisotopic (exact) mass is 248 g/mol. The smallest absolute Gasteiger partial charge is 0.0713 e. The Morgan fingerprint density at radius 3 is 3.00 bits per heavy atom. The Balaban J connectivity index is 2.23. The first kappa shape index (κ1) is 13.5. The van der Waals surface area contributed by atoms with Crippen molar-refractivity contribution < 1.29 is 4.74 Å². The van der Waals surface area contributed by atoms with E-state index < -0.39 is 0 Å². The fourth-order valence-corrected chi connectivity index (χ4v) is 2.90. The van der Waals surface area contributed by atoms with Gasteiger partial charge in [-0.25, -0.2) is 0 Å². The van der Waals surface area contributed by atoms with Crippen LogP contribution in [0.4, 0.5) is 0 Å². The molecule has 100 valence electrons. The van der Waals surface area contributed by atoms with Gasteiger partial charge in [0.15, 0.2) is 0 Å². The summed E-state index contributed by atoms with van der Waals surface area (Å²) in [6.07, 6.45) is 3.60. The van der Waals surface area contributed by atoms with Gasteiger partial charge in [0.05, 0.1) is 6.61 Å². The van der Waals surface area contributed by atoms with Gasteiger partial charge >= 0.3 is 0 Å². The first-order valence-electron chi connectivity index (χ1n) is 6.76. The van der Waals surface area contributed by atoms with Gasteiger partial charge < -0.3 is 10.5 Å². The van der Waals surface area contributed by atoms with Crippen LogP contribution < -0.4 is 5.73 Å². The highest BCUT2D eigenvalue weighted by Gasteiger charge is 2.26. The van der Waals surface area contributed by atoms with Crippen molar-refractivity contribution in [2.45, 2.75) is 38.0 Å². The third-order valence-corrected chi connectivity index (χ3v) is 3.78. The second kappa shape index (κ2) is 6.32. The number of benzene rings is 1. The largest absolute Gasteiger partial charge is 0.380 e. The van der Waals surface area contributed by atoms with Crippen molar-refractivity contribution in [1.82, 2.24) is 4.90 Å². The average molecular weight is 248 g/mol. The Kier molecular flexibility index (Phi) is 4.75. The number of likely N-dealkylation sites (tertiary alicyclic amines) is 1. The molecule has 0 aliphatic carbocycles. The molecule has 2 unspecified atom stereocenters. The van der Waals surface area contributed by atoms with Crippen LogP contribution in [-0.4, -0.2) is 31.6 Å². The zero-order valence-corrected chi connectivity index (χ0v) is 11.4. The number of hydrogen-bond acceptors (Lipinski definition) is 3. The predicted molar refractivity (Wildman–Crippen MR) is 74.4 cm³/mol. The van der Waals surface area contributed by atoms with E-state index in [1.807, 2.05) is 0 Å². The third-order valence-electron chi connectivity index (χ3n) is 3.78. The topological polar surface area (TPSA) is 38.5 Å². The first-order valence-corrected chi connectivity index (χ1v) is 6.76. The highest BCUT2D eigenvalue weighted by atomic mass is 16.5. The molecule has 1 saturated heterocycles. The highest BCUT2D eigenvalue weighted by molar-refractivity contribution is 5.27. The normalized spacial score (nSPS) is 25.9. The Morgan fingerprint density at radius 1 is 1.39 bits per heavy atom. The van der Waals surface area contributed by atoms with Gasteiger partial charge in [-0.1, -0.05) is 30.7 Å². The van der Waals surface area contributed by atoms with E-state index in [9.17, 15) is 0 Å². The first-order chi connectivity index (χ1) is 8.72. The van der Waals surface area contributed by atoms with Crippen LogP contribution in [0.2, 0.25) is 0 Å². The Bertz CT molecular complexity index is 369. The summed E-state index contributed by atoms with van der Waals surface area (Å²) in [4.78, 5) is 2.39. The van der Waals surface area contributed by atoms with Gasteiger partial charge in [0.1, 0.15) is 0 Å². The number of nitrogens with two attached hydrogens (primary N) is 1. The van der Waals surface area contributed by atoms with Gasteiger partial charge in [-0.15, -0.1) is 0 Å². The van der Waals surface area contributed by atoms with Crippen LogP contribution in [-0.2, 0) is 11.3 Å². The molecule has 0 bridgehead atoms. The van der Waals surface area contributed by atoms with Crippen LogP contribution in [0.1, 0.15) is 36.4 Å². The van der Waals surface area contributed by atoms with Gasteiger partial charge in [-0.05, 0) is 37.6 Å². The molecular formula is C15H24N2O. The van der Waals surface area contributed by atoms with Crippen LogP contribution in [0.3, 0.4) is 0 Å². The molecular weight excluding hydrogens is 224 g/mol. The van der Waals surface area contributed by atoms with Crippen molar-refractivity contribution >= 4 is 0 Å². The molecule has 0 spiro atoms. The Labute approximate surface area is 110 Å². The van der Waals surface area contributed by atoms with Crippen molar-refractivity contribution in [3.8, 4) is 0 Å². The van der Waals surface area contributed by atoms with E-state index in [-0.39, 0.29) is 6.04 Å². The minimum atomic E-state index is 0.232. The molecule has 2 rings (SSSR count). The minimum Gasteiger partial charge on any atom is -0.380 e. The van der Waals surface area contributed by atoms with E-state index >= 15 is 0 Å². The zero-order chi connectivity index (χ0) is 13.0. The van der Waals surface area contributed by atoms with Crippen LogP contribution in [0.25, 0.3) is 0 Å². The molecule has 1 heterocycles. The molecule has 1 aromatic carbocycles. The number of likely N-dealkylation sites (N-methyl/N-ethyl adjacent to an activating group) is 1. The predicted octanol–water partition coefficient (Wildman–Crippen LogP) is 2.32. The van der Waals surface area contributed by atoms with E-state index in [2.05, 4.69) is 36.2 Å². The molecule has 2 atom stereocenters. The summed E-state index contributed by atoms with van der Waals surface area (Å²) >= 11 is 0. The summed E-state index contributed by atoms with van der Waals surface area (Å²) in [7, 11) is 3.91. The third kappa shape index (κ3) is 3.10. The maximum absolute atomic E-state index is 6.35. The lowest BCUT2D eigenvalue weighted by atomic mass is 9.95. The molecule has 18 heavy (non-hydrogen) atoms. The average Bonchev–Trinajstić information content (AvgIpc) is 2.51. The van der Waals surface area contributed by atoms with Gasteiger partial charge in [-0.2, -0.15) is 0 Å². The summed E-state index contributed by atoms with van der Waals surface area (Å²) in [6, 6.07) is 9.20. The standard InChI is InChI=1S/C15H24N2O/c1-17-9-4-3-8-14(16)15(17)13-7-5-6-12(10-13)11-18-2/h5-7,10,14-15H,3-4,8-9,11,16H2,1-2H3. The van der Waals surface area contributed by atoms with Crippen LogP contribution in [0, 0.1) is 0 Å². The molecule has 2 N–H and O–H groups in total. The molecule has 0 aromatic heterocycles. The molecule has 1 fully saturated rings. The number of nitrogens with zero attached hydrogens (tertiary/aromatic N) is 1. The fourth-order valence-electron chi connectivity index (χ4n) is 2.90. The quantitative estimate of drug-likeness (QED) is 0.892. The Morgan fingerprint density at radius 2 is 2.22 bits per heavy atom. The number of methoxy groups -OCH3 is 1. The molecule has 0 radical (unpaired) electrons. The number of hydrogen-bond donors (Lipinski definition) is 1. The summed E-state index contributed by atoms with van der Waals surface area (Å²) in [6.45, 7) is 1.80.